The summed E-state index contributed by atoms with van der Waals surface area (Å²) in [6.07, 6.45) is 0. The molecule has 0 radical (unpaired) electrons. The van der Waals surface area contributed by atoms with Gasteiger partial charge in [0.1, 0.15) is 0 Å². The van der Waals surface area contributed by atoms with Crippen molar-refractivity contribution in [2.45, 2.75) is 26.9 Å². The number of nitrogens with one attached hydrogen (secondary N) is 2. The molecular weight excluding hydrogens is 441 g/mol. The Morgan fingerprint density at radius 3 is 2.35 bits per heavy atom. The van der Waals surface area contributed by atoms with Crippen molar-refractivity contribution >= 4 is 29.9 Å². The summed E-state index contributed by atoms with van der Waals surface area (Å²) in [5, 5.41) is 6.62. The first-order valence-corrected chi connectivity index (χ1v) is 8.45. The van der Waals surface area contributed by atoms with Gasteiger partial charge >= 0.3 is 0 Å². The quantitative estimate of drug-likeness (QED) is 0.367. The number of ether oxygens (including phenoxy) is 2. The predicted octanol–water partition coefficient (Wildman–Crippen LogP) is 3.89. The summed E-state index contributed by atoms with van der Waals surface area (Å²) < 4.78 is 10.8. The third kappa shape index (κ3) is 6.40. The molecule has 5 nitrogen and oxygen atoms in total. The molecule has 2 rings (SSSR count). The predicted molar refractivity (Wildman–Crippen MR) is 118 cm³/mol. The highest BCUT2D eigenvalue weighted by Crippen LogP contribution is 2.30. The van der Waals surface area contributed by atoms with E-state index >= 15 is 0 Å². The second-order valence-corrected chi connectivity index (χ2v) is 5.69. The number of aryl methyl sites for hydroxylation is 1. The van der Waals surface area contributed by atoms with E-state index in [0.717, 1.165) is 29.6 Å². The molecule has 0 saturated carbocycles. The number of methoxy groups -OCH3 is 2. The Hall–Kier alpha value is -1.96. The van der Waals surface area contributed by atoms with E-state index in [0.29, 0.717) is 13.1 Å². The molecular formula is C20H28IN3O2. The van der Waals surface area contributed by atoms with Crippen molar-refractivity contribution in [2.24, 2.45) is 4.99 Å². The van der Waals surface area contributed by atoms with E-state index in [1.807, 2.05) is 18.2 Å². The van der Waals surface area contributed by atoms with E-state index in [2.05, 4.69) is 53.7 Å². The van der Waals surface area contributed by atoms with Crippen LogP contribution < -0.4 is 20.1 Å². The van der Waals surface area contributed by atoms with Crippen molar-refractivity contribution < 1.29 is 9.47 Å². The van der Waals surface area contributed by atoms with Gasteiger partial charge in [-0.15, -0.1) is 24.0 Å². The molecule has 0 spiro atoms. The van der Waals surface area contributed by atoms with Crippen LogP contribution in [0.5, 0.6) is 11.5 Å². The Morgan fingerprint density at radius 1 is 1.00 bits per heavy atom. The van der Waals surface area contributed by atoms with E-state index in [1.165, 1.54) is 11.1 Å². The number of hydrogen-bond acceptors (Lipinski definition) is 3. The van der Waals surface area contributed by atoms with Gasteiger partial charge < -0.3 is 20.1 Å². The van der Waals surface area contributed by atoms with Crippen molar-refractivity contribution in [1.29, 1.82) is 0 Å². The van der Waals surface area contributed by atoms with Crippen LogP contribution in [0.25, 0.3) is 0 Å². The third-order valence-corrected chi connectivity index (χ3v) is 3.82. The maximum Gasteiger partial charge on any atom is 0.191 e. The Balaban J connectivity index is 0.00000338. The molecule has 0 aromatic heterocycles. The van der Waals surface area contributed by atoms with Crippen molar-refractivity contribution in [3.05, 3.63) is 59.2 Å². The van der Waals surface area contributed by atoms with Gasteiger partial charge in [0.25, 0.3) is 0 Å². The molecule has 142 valence electrons. The summed E-state index contributed by atoms with van der Waals surface area (Å²) in [4.78, 5) is 4.65. The highest BCUT2D eigenvalue weighted by atomic mass is 127. The van der Waals surface area contributed by atoms with Gasteiger partial charge in [0, 0.05) is 18.7 Å². The zero-order valence-corrected chi connectivity index (χ0v) is 18.2. The first-order chi connectivity index (χ1) is 12.2. The minimum atomic E-state index is 0. The summed E-state index contributed by atoms with van der Waals surface area (Å²) >= 11 is 0. The fourth-order valence-corrected chi connectivity index (χ4v) is 2.48. The topological polar surface area (TPSA) is 54.9 Å². The molecule has 0 heterocycles. The van der Waals surface area contributed by atoms with Gasteiger partial charge in [-0.1, -0.05) is 42.0 Å². The largest absolute Gasteiger partial charge is 0.493 e. The highest BCUT2D eigenvalue weighted by molar-refractivity contribution is 14.0. The van der Waals surface area contributed by atoms with E-state index in [9.17, 15) is 0 Å². The molecule has 0 saturated heterocycles. The van der Waals surface area contributed by atoms with Crippen LogP contribution >= 0.6 is 24.0 Å². The van der Waals surface area contributed by atoms with E-state index in [1.54, 1.807) is 14.2 Å². The Morgan fingerprint density at radius 2 is 1.73 bits per heavy atom. The van der Waals surface area contributed by atoms with Crippen molar-refractivity contribution in [1.82, 2.24) is 10.6 Å². The number of rotatable bonds is 7. The number of para-hydroxylation sites is 1. The lowest BCUT2D eigenvalue weighted by atomic mass is 10.1. The Kier molecular flexibility index (Phi) is 9.87. The monoisotopic (exact) mass is 469 g/mol. The summed E-state index contributed by atoms with van der Waals surface area (Å²) in [5.74, 6) is 2.24. The maximum absolute atomic E-state index is 5.47. The van der Waals surface area contributed by atoms with Gasteiger partial charge in [0.05, 0.1) is 20.8 Å². The first kappa shape index (κ1) is 22.1. The summed E-state index contributed by atoms with van der Waals surface area (Å²) in [6.45, 7) is 6.16. The van der Waals surface area contributed by atoms with Gasteiger partial charge in [-0.3, -0.25) is 0 Å². The Bertz CT molecular complexity index is 703. The van der Waals surface area contributed by atoms with Gasteiger partial charge in [0.15, 0.2) is 17.5 Å². The molecule has 0 amide bonds. The van der Waals surface area contributed by atoms with Crippen LogP contribution in [-0.2, 0) is 13.1 Å². The normalized spacial score (nSPS) is 10.7. The molecule has 0 aliphatic rings. The van der Waals surface area contributed by atoms with Crippen LogP contribution in [0.1, 0.15) is 23.6 Å². The molecule has 0 fully saturated rings. The van der Waals surface area contributed by atoms with Crippen molar-refractivity contribution in [3.8, 4) is 11.5 Å². The number of nitrogens with zero attached hydrogens (tertiary/aromatic N) is 1. The lowest BCUT2D eigenvalue weighted by Gasteiger charge is -2.15. The minimum Gasteiger partial charge on any atom is -0.493 e. The third-order valence-electron chi connectivity index (χ3n) is 3.82. The second-order valence-electron chi connectivity index (χ2n) is 5.69. The van der Waals surface area contributed by atoms with E-state index in [-0.39, 0.29) is 24.0 Å². The lowest BCUT2D eigenvalue weighted by Crippen LogP contribution is -2.36. The SMILES string of the molecule is CCNC(=NCc1ccc(C)cc1)NCc1cccc(OC)c1OC.I. The van der Waals surface area contributed by atoms with E-state index < -0.39 is 0 Å². The molecule has 2 aromatic rings. The lowest BCUT2D eigenvalue weighted by molar-refractivity contribution is 0.351. The van der Waals surface area contributed by atoms with Gasteiger partial charge in [-0.05, 0) is 25.5 Å². The number of hydrogen-bond donors (Lipinski definition) is 2. The molecule has 26 heavy (non-hydrogen) atoms. The molecule has 6 heteroatoms. The van der Waals surface area contributed by atoms with Crippen LogP contribution in [0.4, 0.5) is 0 Å². The standard InChI is InChI=1S/C20H27N3O2.HI/c1-5-21-20(22-13-16-11-9-15(2)10-12-16)23-14-17-7-6-8-18(24-3)19(17)25-4;/h6-12H,5,13-14H2,1-4H3,(H2,21,22,23);1H. The number of benzene rings is 2. The minimum absolute atomic E-state index is 0. The van der Waals surface area contributed by atoms with Crippen LogP contribution in [-0.4, -0.2) is 26.7 Å². The average molecular weight is 469 g/mol. The molecule has 0 unspecified atom stereocenters. The molecule has 2 N–H and O–H groups in total. The van der Waals surface area contributed by atoms with Crippen LogP contribution in [0, 0.1) is 6.92 Å². The number of guanidine groups is 1. The Labute approximate surface area is 173 Å². The molecule has 0 aliphatic carbocycles. The zero-order chi connectivity index (χ0) is 18.1. The van der Waals surface area contributed by atoms with Gasteiger partial charge in [-0.2, -0.15) is 0 Å². The van der Waals surface area contributed by atoms with Crippen molar-refractivity contribution in [2.75, 3.05) is 20.8 Å². The zero-order valence-electron chi connectivity index (χ0n) is 15.8. The maximum atomic E-state index is 5.47. The number of halogens is 1. The highest BCUT2D eigenvalue weighted by Gasteiger charge is 2.09. The summed E-state index contributed by atoms with van der Waals surface area (Å²) in [5.41, 5.74) is 3.45. The van der Waals surface area contributed by atoms with Crippen LogP contribution in [0.2, 0.25) is 0 Å². The van der Waals surface area contributed by atoms with E-state index in [4.69, 9.17) is 9.47 Å². The fraction of sp³-hybridized carbons (Fsp3) is 0.350. The van der Waals surface area contributed by atoms with Gasteiger partial charge in [0.2, 0.25) is 0 Å². The van der Waals surface area contributed by atoms with Gasteiger partial charge in [-0.25, -0.2) is 4.99 Å². The number of aliphatic imine (C=N–C) groups is 1. The summed E-state index contributed by atoms with van der Waals surface area (Å²) in [6, 6.07) is 14.3. The summed E-state index contributed by atoms with van der Waals surface area (Å²) in [7, 11) is 3.29. The molecule has 0 atom stereocenters. The smallest absolute Gasteiger partial charge is 0.191 e. The fourth-order valence-electron chi connectivity index (χ4n) is 2.48. The first-order valence-electron chi connectivity index (χ1n) is 8.45. The van der Waals surface area contributed by atoms with Crippen LogP contribution in [0.3, 0.4) is 0 Å². The molecule has 0 aliphatic heterocycles. The molecule has 0 bridgehead atoms. The van der Waals surface area contributed by atoms with Crippen molar-refractivity contribution in [3.63, 3.8) is 0 Å². The van der Waals surface area contributed by atoms with Crippen LogP contribution in [0.15, 0.2) is 47.5 Å². The second kappa shape index (κ2) is 11.6. The molecule has 2 aromatic carbocycles. The average Bonchev–Trinajstić information content (AvgIpc) is 2.64.